The number of rotatable bonds is 77. The van der Waals surface area contributed by atoms with Gasteiger partial charge in [-0.15, -0.1) is 0 Å². The molecule has 14 nitrogen and oxygen atoms in total. The summed E-state index contributed by atoms with van der Waals surface area (Å²) in [4.78, 5) is 13.4. The summed E-state index contributed by atoms with van der Waals surface area (Å²) < 4.78 is 23.0. The van der Waals surface area contributed by atoms with Crippen LogP contribution in [0.5, 0.6) is 0 Å². The van der Waals surface area contributed by atoms with Gasteiger partial charge in [0, 0.05) is 6.42 Å². The molecule has 2 aliphatic heterocycles. The number of aliphatic hydroxyl groups excluding tert-OH is 8. The van der Waals surface area contributed by atoms with Crippen LogP contribution in [0, 0.1) is 0 Å². The Morgan fingerprint density at radius 1 is 0.350 bits per heavy atom. The van der Waals surface area contributed by atoms with E-state index in [1.807, 2.05) is 0 Å². The molecule has 2 aliphatic rings. The number of unbranched alkanes of at least 4 members (excludes halogenated alkanes) is 58. The SMILES string of the molecule is CCCCCCC/C=C\C/C=C\C/C=C\CCCCCCCCCCCCCCCCCCCCCCCCCCC(=O)NC(COC1OC(CO)C(OC2OC(CO)C(O)C(O)C2O)C(O)C1O)C(O)CCCCCCCCCCCCCCCCCCCCCCCCCCCCCCCC. The summed E-state index contributed by atoms with van der Waals surface area (Å²) in [6, 6.07) is -0.829. The lowest BCUT2D eigenvalue weighted by Gasteiger charge is -2.46. The molecule has 2 rings (SSSR count). The minimum atomic E-state index is -1.78. The van der Waals surface area contributed by atoms with Crippen LogP contribution < -0.4 is 5.32 Å². The quantitative estimate of drug-likeness (QED) is 0.0204. The van der Waals surface area contributed by atoms with Gasteiger partial charge in [-0.25, -0.2) is 0 Å². The van der Waals surface area contributed by atoms with Crippen LogP contribution in [0.15, 0.2) is 36.5 Å². The Hall–Kier alpha value is -1.79. The smallest absolute Gasteiger partial charge is 0.220 e. The average molecular weight is 1460 g/mol. The van der Waals surface area contributed by atoms with Crippen molar-refractivity contribution in [2.75, 3.05) is 19.8 Å². The van der Waals surface area contributed by atoms with Gasteiger partial charge in [0.15, 0.2) is 12.6 Å². The second-order valence-electron chi connectivity index (χ2n) is 31.7. The minimum absolute atomic E-state index is 0.196. The van der Waals surface area contributed by atoms with Gasteiger partial charge in [0.25, 0.3) is 0 Å². The zero-order valence-electron chi connectivity index (χ0n) is 67.1. The molecule has 0 aromatic rings. The first kappa shape index (κ1) is 97.3. The van der Waals surface area contributed by atoms with Crippen molar-refractivity contribution in [2.24, 2.45) is 0 Å². The van der Waals surface area contributed by atoms with Crippen molar-refractivity contribution in [3.8, 4) is 0 Å². The highest BCUT2D eigenvalue weighted by Gasteiger charge is 2.51. The van der Waals surface area contributed by atoms with E-state index in [-0.39, 0.29) is 12.5 Å². The molecule has 2 heterocycles. The fourth-order valence-corrected chi connectivity index (χ4v) is 15.1. The van der Waals surface area contributed by atoms with Crippen molar-refractivity contribution in [1.29, 1.82) is 0 Å². The largest absolute Gasteiger partial charge is 0.394 e. The summed E-state index contributed by atoms with van der Waals surface area (Å²) >= 11 is 0. The Morgan fingerprint density at radius 2 is 0.641 bits per heavy atom. The first-order valence-electron chi connectivity index (χ1n) is 44.7. The van der Waals surface area contributed by atoms with Crippen molar-refractivity contribution in [3.05, 3.63) is 36.5 Å². The lowest BCUT2D eigenvalue weighted by Crippen LogP contribution is -2.65. The third kappa shape index (κ3) is 55.3. The summed E-state index contributed by atoms with van der Waals surface area (Å²) in [6.07, 6.45) is 80.8. The summed E-state index contributed by atoms with van der Waals surface area (Å²) in [6.45, 7) is 2.93. The normalized spacial score (nSPS) is 21.7. The number of carbonyl (C=O) groups excluding carboxylic acids is 1. The van der Waals surface area contributed by atoms with Gasteiger partial charge in [-0.05, 0) is 51.4 Å². The molecule has 103 heavy (non-hydrogen) atoms. The maximum absolute atomic E-state index is 13.4. The standard InChI is InChI=1S/C89H169NO13/c1-3-5-7-9-11-13-15-17-19-21-23-25-27-29-31-33-35-36-37-38-39-40-41-42-43-45-47-49-51-53-55-57-59-61-63-65-67-69-71-73-81(94)90-77(76-100-88-86(99)84(97)87(80(75-92)102-88)103-89-85(98)83(96)82(95)79(74-91)101-89)78(93)72-70-68-66-64-62-60-58-56-54-52-50-48-46-44-34-32-30-28-26-24-22-20-18-16-14-12-10-8-6-4-2/h15,17,21,23,27,29,77-80,82-89,91-93,95-99H,3-14,16,18-20,22,24-26,28,30-76H2,1-2H3,(H,90,94)/b17-15-,23-21-,29-27-. The van der Waals surface area contributed by atoms with Gasteiger partial charge in [0.05, 0.1) is 32.0 Å². The first-order chi connectivity index (χ1) is 50.6. The molecule has 14 heteroatoms. The number of aliphatic hydroxyl groups is 8. The van der Waals surface area contributed by atoms with Crippen molar-refractivity contribution < 1.29 is 64.6 Å². The minimum Gasteiger partial charge on any atom is -0.394 e. The van der Waals surface area contributed by atoms with Crippen molar-refractivity contribution in [3.63, 3.8) is 0 Å². The molecule has 2 fully saturated rings. The predicted octanol–water partition coefficient (Wildman–Crippen LogP) is 21.5. The van der Waals surface area contributed by atoms with Crippen molar-refractivity contribution >= 4 is 5.91 Å². The van der Waals surface area contributed by atoms with E-state index in [4.69, 9.17) is 18.9 Å². The molecule has 2 saturated heterocycles. The third-order valence-electron chi connectivity index (χ3n) is 22.1. The van der Waals surface area contributed by atoms with Crippen LogP contribution in [0.3, 0.4) is 0 Å². The monoisotopic (exact) mass is 1460 g/mol. The molecule has 0 aliphatic carbocycles. The van der Waals surface area contributed by atoms with Crippen LogP contribution in [-0.2, 0) is 23.7 Å². The van der Waals surface area contributed by atoms with E-state index in [0.717, 1.165) is 64.2 Å². The highest BCUT2D eigenvalue weighted by molar-refractivity contribution is 5.76. The molecule has 0 radical (unpaired) electrons. The Bertz CT molecular complexity index is 1870. The van der Waals surface area contributed by atoms with Crippen molar-refractivity contribution in [1.82, 2.24) is 5.32 Å². The van der Waals surface area contributed by atoms with Gasteiger partial charge in [0.2, 0.25) is 5.91 Å². The van der Waals surface area contributed by atoms with Gasteiger partial charge < -0.3 is 65.1 Å². The number of allylic oxidation sites excluding steroid dienone is 6. The van der Waals surface area contributed by atoms with Gasteiger partial charge in [0.1, 0.15) is 48.8 Å². The Balaban J connectivity index is 1.55. The molecular weight excluding hydrogens is 1290 g/mol. The molecule has 0 aromatic heterocycles. The fourth-order valence-electron chi connectivity index (χ4n) is 15.1. The summed E-state index contributed by atoms with van der Waals surface area (Å²) in [5, 5.41) is 88.0. The van der Waals surface area contributed by atoms with Gasteiger partial charge in [-0.1, -0.05) is 410 Å². The highest BCUT2D eigenvalue weighted by Crippen LogP contribution is 2.31. The molecular formula is C89H169NO13. The van der Waals surface area contributed by atoms with Gasteiger partial charge in [-0.2, -0.15) is 0 Å². The van der Waals surface area contributed by atoms with E-state index >= 15 is 0 Å². The summed E-state index contributed by atoms with van der Waals surface area (Å²) in [5.74, 6) is -0.196. The van der Waals surface area contributed by atoms with Crippen LogP contribution in [0.2, 0.25) is 0 Å². The lowest BCUT2D eigenvalue weighted by atomic mass is 9.97. The average Bonchev–Trinajstić information content (AvgIpc) is 0.791. The maximum atomic E-state index is 13.4. The van der Waals surface area contributed by atoms with E-state index in [1.54, 1.807) is 0 Å². The molecule has 608 valence electrons. The molecule has 9 N–H and O–H groups in total. The van der Waals surface area contributed by atoms with E-state index in [0.29, 0.717) is 12.8 Å². The zero-order chi connectivity index (χ0) is 74.4. The van der Waals surface area contributed by atoms with E-state index in [1.165, 1.54) is 340 Å². The second-order valence-corrected chi connectivity index (χ2v) is 31.7. The van der Waals surface area contributed by atoms with Crippen LogP contribution in [0.4, 0.5) is 0 Å². The molecule has 0 aromatic carbocycles. The lowest BCUT2D eigenvalue weighted by molar-refractivity contribution is -0.359. The van der Waals surface area contributed by atoms with Crippen LogP contribution in [-0.4, -0.2) is 140 Å². The van der Waals surface area contributed by atoms with Gasteiger partial charge in [-0.3, -0.25) is 4.79 Å². The van der Waals surface area contributed by atoms with E-state index in [2.05, 4.69) is 55.6 Å². The first-order valence-corrected chi connectivity index (χ1v) is 44.7. The maximum Gasteiger partial charge on any atom is 0.220 e. The Kier molecular flexibility index (Phi) is 69.0. The topological polar surface area (TPSA) is 228 Å². The van der Waals surface area contributed by atoms with Crippen LogP contribution in [0.25, 0.3) is 0 Å². The van der Waals surface area contributed by atoms with Crippen LogP contribution >= 0.6 is 0 Å². The highest BCUT2D eigenvalue weighted by atomic mass is 16.7. The summed E-state index contributed by atoms with van der Waals surface area (Å²) in [7, 11) is 0. The second kappa shape index (κ2) is 73.0. The molecule has 0 spiro atoms. The summed E-state index contributed by atoms with van der Waals surface area (Å²) in [5.41, 5.74) is 0. The zero-order valence-corrected chi connectivity index (χ0v) is 67.1. The predicted molar refractivity (Wildman–Crippen MR) is 429 cm³/mol. The molecule has 12 unspecified atom stereocenters. The number of hydrogen-bond donors (Lipinski definition) is 9. The molecule has 1 amide bonds. The third-order valence-corrected chi connectivity index (χ3v) is 22.1. The Labute approximate surface area is 633 Å². The Morgan fingerprint density at radius 3 is 0.981 bits per heavy atom. The fraction of sp³-hybridized carbons (Fsp3) is 0.921. The number of carbonyl (C=O) groups is 1. The molecule has 12 atom stereocenters. The number of hydrogen-bond acceptors (Lipinski definition) is 13. The van der Waals surface area contributed by atoms with Crippen LogP contribution in [0.1, 0.15) is 431 Å². The molecule has 0 bridgehead atoms. The van der Waals surface area contributed by atoms with E-state index in [9.17, 15) is 45.6 Å². The number of amides is 1. The number of nitrogens with one attached hydrogen (secondary N) is 1. The van der Waals surface area contributed by atoms with E-state index < -0.39 is 86.8 Å². The van der Waals surface area contributed by atoms with Crippen molar-refractivity contribution in [2.45, 2.75) is 505 Å². The number of ether oxygens (including phenoxy) is 4. The molecule has 0 saturated carbocycles. The van der Waals surface area contributed by atoms with Gasteiger partial charge >= 0.3 is 0 Å².